The van der Waals surface area contributed by atoms with Crippen LogP contribution in [0.3, 0.4) is 0 Å². The Morgan fingerprint density at radius 2 is 1.86 bits per heavy atom. The van der Waals surface area contributed by atoms with Gasteiger partial charge in [-0.3, -0.25) is 4.79 Å². The fourth-order valence-corrected chi connectivity index (χ4v) is 7.08. The lowest BCUT2D eigenvalue weighted by atomic mass is 10.0. The number of hydrogen-bond donors (Lipinski definition) is 0. The number of hydrogen-bond acceptors (Lipinski definition) is 5. The van der Waals surface area contributed by atoms with Crippen molar-refractivity contribution in [2.45, 2.75) is 58.5 Å². The van der Waals surface area contributed by atoms with Crippen LogP contribution in [0.1, 0.15) is 60.6 Å². The Bertz CT molecular complexity index is 1490. The van der Waals surface area contributed by atoms with Gasteiger partial charge in [0.2, 0.25) is 5.91 Å². The Labute approximate surface area is 217 Å². The monoisotopic (exact) mass is 520 g/mol. The number of fused-ring (bicyclic) bond motifs is 1. The lowest BCUT2D eigenvalue weighted by molar-refractivity contribution is -0.117. The molecule has 0 aliphatic carbocycles. The molecule has 2 aromatic carbocycles. The van der Waals surface area contributed by atoms with Crippen LogP contribution < -0.4 is 4.90 Å². The number of nitrogens with zero attached hydrogens (tertiary/aromatic N) is 4. The van der Waals surface area contributed by atoms with Crippen LogP contribution in [0.5, 0.6) is 0 Å². The standard InChI is InChI=1S/C28H29FN4O3S/c1-16-4-6-21(15-22(16)29)32-25(8-9-26(32)34)28-30-23-14-19(27-17(2)31-36-18(27)3)5-7-24(23)33(28)20-10-12-37(35)13-11-20/h4-7,14-15,20,25H,8-13H2,1-3H3/t20?,25-,37?/m0/s1. The fraction of sp³-hybridized carbons (Fsp3) is 0.393. The zero-order valence-electron chi connectivity index (χ0n) is 21.2. The Kier molecular flexibility index (Phi) is 6.07. The van der Waals surface area contributed by atoms with E-state index in [-0.39, 0.29) is 23.8 Å². The summed E-state index contributed by atoms with van der Waals surface area (Å²) in [5.74, 6) is 2.49. The SMILES string of the molecule is Cc1ccc(N2C(=O)CC[C@H]2c2nc3cc(-c4c(C)noc4C)ccc3n2C2CC[S+]([O-])CC2)cc1F. The van der Waals surface area contributed by atoms with Crippen molar-refractivity contribution in [3.05, 3.63) is 65.1 Å². The fourth-order valence-electron chi connectivity index (χ4n) is 5.81. The zero-order valence-corrected chi connectivity index (χ0v) is 22.0. The van der Waals surface area contributed by atoms with Gasteiger partial charge < -0.3 is 18.5 Å². The predicted molar refractivity (Wildman–Crippen MR) is 141 cm³/mol. The van der Waals surface area contributed by atoms with Crippen LogP contribution in [-0.2, 0) is 16.0 Å². The number of benzene rings is 2. The highest BCUT2D eigenvalue weighted by Gasteiger charge is 2.39. The number of halogens is 1. The number of carbonyl (C=O) groups is 1. The van der Waals surface area contributed by atoms with E-state index in [4.69, 9.17) is 9.51 Å². The van der Waals surface area contributed by atoms with E-state index in [1.165, 1.54) is 6.07 Å². The summed E-state index contributed by atoms with van der Waals surface area (Å²) >= 11 is -0.799. The predicted octanol–water partition coefficient (Wildman–Crippen LogP) is 5.71. The number of rotatable bonds is 4. The molecule has 4 heterocycles. The molecule has 2 saturated heterocycles. The van der Waals surface area contributed by atoms with Crippen molar-refractivity contribution < 1.29 is 18.3 Å². The van der Waals surface area contributed by atoms with E-state index in [1.807, 2.05) is 13.8 Å². The van der Waals surface area contributed by atoms with Crippen LogP contribution in [0.25, 0.3) is 22.2 Å². The van der Waals surface area contributed by atoms with Crippen molar-refractivity contribution in [2.24, 2.45) is 0 Å². The van der Waals surface area contributed by atoms with Gasteiger partial charge >= 0.3 is 0 Å². The normalized spacial score (nSPS) is 22.4. The van der Waals surface area contributed by atoms with Gasteiger partial charge in [0.25, 0.3) is 0 Å². The van der Waals surface area contributed by atoms with Gasteiger partial charge in [-0.05, 0) is 62.6 Å². The molecule has 0 saturated carbocycles. The molecule has 37 heavy (non-hydrogen) atoms. The molecule has 9 heteroatoms. The zero-order chi connectivity index (χ0) is 25.8. The molecule has 0 spiro atoms. The molecule has 1 amide bonds. The van der Waals surface area contributed by atoms with Crippen LogP contribution >= 0.6 is 0 Å². The Balaban J connectivity index is 1.50. The van der Waals surface area contributed by atoms with Crippen LogP contribution in [0.15, 0.2) is 40.9 Å². The maximum atomic E-state index is 14.5. The average Bonchev–Trinajstić information content (AvgIpc) is 3.55. The van der Waals surface area contributed by atoms with E-state index in [0.29, 0.717) is 35.6 Å². The average molecular weight is 521 g/mol. The minimum atomic E-state index is -0.799. The van der Waals surface area contributed by atoms with Gasteiger partial charge in [-0.15, -0.1) is 0 Å². The molecule has 0 radical (unpaired) electrons. The van der Waals surface area contributed by atoms with Crippen molar-refractivity contribution in [1.29, 1.82) is 0 Å². The summed E-state index contributed by atoms with van der Waals surface area (Å²) < 4.78 is 34.3. The van der Waals surface area contributed by atoms with E-state index < -0.39 is 11.2 Å². The second kappa shape index (κ2) is 9.29. The van der Waals surface area contributed by atoms with E-state index in [9.17, 15) is 13.7 Å². The Hall–Kier alpha value is -3.17. The van der Waals surface area contributed by atoms with Gasteiger partial charge in [0.15, 0.2) is 0 Å². The van der Waals surface area contributed by atoms with Crippen molar-refractivity contribution in [3.8, 4) is 11.1 Å². The van der Waals surface area contributed by atoms with Gasteiger partial charge in [0, 0.05) is 36.6 Å². The first-order valence-corrected chi connectivity index (χ1v) is 14.2. The van der Waals surface area contributed by atoms with Gasteiger partial charge in [-0.2, -0.15) is 0 Å². The molecular formula is C28H29FN4O3S. The van der Waals surface area contributed by atoms with Crippen LogP contribution in [-0.4, -0.2) is 36.7 Å². The molecule has 0 bridgehead atoms. The van der Waals surface area contributed by atoms with Crippen LogP contribution in [0.4, 0.5) is 10.1 Å². The molecule has 192 valence electrons. The first kappa shape index (κ1) is 24.2. The Morgan fingerprint density at radius 3 is 2.57 bits per heavy atom. The summed E-state index contributed by atoms with van der Waals surface area (Å²) in [6, 6.07) is 11.0. The summed E-state index contributed by atoms with van der Waals surface area (Å²) in [5, 5.41) is 4.10. The highest BCUT2D eigenvalue weighted by Crippen LogP contribution is 2.41. The van der Waals surface area contributed by atoms with Gasteiger partial charge in [0.1, 0.15) is 28.9 Å². The second-order valence-corrected chi connectivity index (χ2v) is 11.8. The van der Waals surface area contributed by atoms with Gasteiger partial charge in [0.05, 0.1) is 22.8 Å². The molecule has 2 aliphatic rings. The van der Waals surface area contributed by atoms with Crippen LogP contribution in [0, 0.1) is 26.6 Å². The smallest absolute Gasteiger partial charge is 0.227 e. The summed E-state index contributed by atoms with van der Waals surface area (Å²) in [4.78, 5) is 19.9. The van der Waals surface area contributed by atoms with Gasteiger partial charge in [-0.25, -0.2) is 9.37 Å². The molecule has 4 aromatic rings. The molecule has 0 unspecified atom stereocenters. The third-order valence-corrected chi connectivity index (χ3v) is 9.09. The lowest BCUT2D eigenvalue weighted by Crippen LogP contribution is -2.32. The second-order valence-electron chi connectivity index (χ2n) is 10.1. The highest BCUT2D eigenvalue weighted by atomic mass is 32.2. The van der Waals surface area contributed by atoms with E-state index in [1.54, 1.807) is 24.0 Å². The summed E-state index contributed by atoms with van der Waals surface area (Å²) in [6.07, 6.45) is 2.56. The maximum Gasteiger partial charge on any atom is 0.227 e. The first-order valence-electron chi connectivity index (χ1n) is 12.7. The minimum Gasteiger partial charge on any atom is -0.616 e. The van der Waals surface area contributed by atoms with Crippen molar-refractivity contribution >= 4 is 33.8 Å². The quantitative estimate of drug-likeness (QED) is 0.322. The topological polar surface area (TPSA) is 87.2 Å². The van der Waals surface area contributed by atoms with E-state index in [0.717, 1.165) is 52.3 Å². The molecular weight excluding hydrogens is 491 g/mol. The van der Waals surface area contributed by atoms with Crippen LogP contribution in [0.2, 0.25) is 0 Å². The van der Waals surface area contributed by atoms with E-state index in [2.05, 4.69) is 27.9 Å². The number of aryl methyl sites for hydroxylation is 3. The van der Waals surface area contributed by atoms with Gasteiger partial charge in [-0.1, -0.05) is 28.5 Å². The maximum absolute atomic E-state index is 14.5. The van der Waals surface area contributed by atoms with E-state index >= 15 is 0 Å². The third-order valence-electron chi connectivity index (χ3n) is 7.71. The molecule has 7 nitrogen and oxygen atoms in total. The molecule has 2 fully saturated rings. The summed E-state index contributed by atoms with van der Waals surface area (Å²) in [6.45, 7) is 5.53. The van der Waals surface area contributed by atoms with Crippen molar-refractivity contribution in [3.63, 3.8) is 0 Å². The first-order chi connectivity index (χ1) is 17.8. The largest absolute Gasteiger partial charge is 0.616 e. The minimum absolute atomic E-state index is 0.0342. The summed E-state index contributed by atoms with van der Waals surface area (Å²) in [7, 11) is 0. The van der Waals surface area contributed by atoms with Crippen molar-refractivity contribution in [2.75, 3.05) is 16.4 Å². The summed E-state index contributed by atoms with van der Waals surface area (Å²) in [5.41, 5.74) is 5.66. The molecule has 2 aromatic heterocycles. The number of amides is 1. The number of anilines is 1. The number of imidazole rings is 1. The highest BCUT2D eigenvalue weighted by molar-refractivity contribution is 7.91. The molecule has 0 N–H and O–H groups in total. The van der Waals surface area contributed by atoms with Crippen molar-refractivity contribution in [1.82, 2.24) is 14.7 Å². The number of aromatic nitrogens is 3. The molecule has 1 atom stereocenters. The molecule has 6 rings (SSSR count). The Morgan fingerprint density at radius 1 is 1.08 bits per heavy atom. The third kappa shape index (κ3) is 4.14. The lowest BCUT2D eigenvalue weighted by Gasteiger charge is -2.30. The number of carbonyl (C=O) groups excluding carboxylic acids is 1. The molecule has 2 aliphatic heterocycles.